The number of hydrogen-bond donors (Lipinski definition) is 4. The van der Waals surface area contributed by atoms with Gasteiger partial charge in [0.15, 0.2) is 0 Å². The Morgan fingerprint density at radius 2 is 1.57 bits per heavy atom. The zero-order chi connectivity index (χ0) is 24.9. The SMILES string of the molecule is N=C(N)c1ccc(OCCCOc2ccc3c(=O)c(C(=O)O)cn(-c4ccc(O)cc4)c3c2)cc1. The summed E-state index contributed by atoms with van der Waals surface area (Å²) in [4.78, 5) is 24.3. The molecule has 178 valence electrons. The molecule has 0 bridgehead atoms. The Balaban J connectivity index is 1.50. The molecule has 0 unspecified atom stereocenters. The summed E-state index contributed by atoms with van der Waals surface area (Å²) in [6.45, 7) is 0.765. The predicted molar refractivity (Wildman–Crippen MR) is 131 cm³/mol. The number of rotatable bonds is 9. The number of aromatic hydroxyl groups is 1. The average Bonchev–Trinajstić information content (AvgIpc) is 2.85. The number of carbonyl (C=O) groups is 1. The lowest BCUT2D eigenvalue weighted by molar-refractivity contribution is 0.0695. The van der Waals surface area contributed by atoms with Gasteiger partial charge >= 0.3 is 5.97 Å². The van der Waals surface area contributed by atoms with Crippen LogP contribution in [0.3, 0.4) is 0 Å². The van der Waals surface area contributed by atoms with Crippen molar-refractivity contribution in [1.82, 2.24) is 4.57 Å². The minimum absolute atomic E-state index is 0.00430. The molecule has 35 heavy (non-hydrogen) atoms. The fraction of sp³-hybridized carbons (Fsp3) is 0.115. The Morgan fingerprint density at radius 1 is 0.943 bits per heavy atom. The molecule has 0 spiro atoms. The maximum Gasteiger partial charge on any atom is 0.341 e. The number of aromatic carboxylic acids is 1. The second-order valence-electron chi connectivity index (χ2n) is 7.73. The van der Waals surface area contributed by atoms with E-state index in [1.807, 2.05) is 0 Å². The molecule has 9 heteroatoms. The number of nitrogen functional groups attached to an aromatic ring is 1. The minimum Gasteiger partial charge on any atom is -0.508 e. The fourth-order valence-electron chi connectivity index (χ4n) is 3.54. The van der Waals surface area contributed by atoms with Crippen LogP contribution in [-0.2, 0) is 0 Å². The second-order valence-corrected chi connectivity index (χ2v) is 7.73. The van der Waals surface area contributed by atoms with Gasteiger partial charge < -0.3 is 30.0 Å². The van der Waals surface area contributed by atoms with Gasteiger partial charge in [0, 0.05) is 35.3 Å². The van der Waals surface area contributed by atoms with Crippen LogP contribution in [0.1, 0.15) is 22.3 Å². The highest BCUT2D eigenvalue weighted by Gasteiger charge is 2.16. The highest BCUT2D eigenvalue weighted by Crippen LogP contribution is 2.24. The number of benzene rings is 3. The van der Waals surface area contributed by atoms with Crippen molar-refractivity contribution in [3.63, 3.8) is 0 Å². The Morgan fingerprint density at radius 3 is 2.20 bits per heavy atom. The molecule has 0 amide bonds. The van der Waals surface area contributed by atoms with Crippen molar-refractivity contribution in [2.45, 2.75) is 6.42 Å². The van der Waals surface area contributed by atoms with Crippen LogP contribution in [0.5, 0.6) is 17.2 Å². The van der Waals surface area contributed by atoms with Crippen LogP contribution in [0.4, 0.5) is 0 Å². The topological polar surface area (TPSA) is 148 Å². The average molecular weight is 473 g/mol. The van der Waals surface area contributed by atoms with E-state index in [2.05, 4.69) is 0 Å². The first-order valence-corrected chi connectivity index (χ1v) is 10.8. The highest BCUT2D eigenvalue weighted by molar-refractivity contribution is 5.95. The number of fused-ring (bicyclic) bond motifs is 1. The lowest BCUT2D eigenvalue weighted by atomic mass is 10.1. The van der Waals surface area contributed by atoms with E-state index in [4.69, 9.17) is 20.6 Å². The number of hydrogen-bond acceptors (Lipinski definition) is 6. The number of carboxylic acid groups (broad SMARTS) is 1. The second kappa shape index (κ2) is 10.0. The number of carboxylic acids is 1. The molecule has 0 saturated heterocycles. The Hall–Kier alpha value is -4.79. The number of ether oxygens (including phenoxy) is 2. The summed E-state index contributed by atoms with van der Waals surface area (Å²) in [6, 6.07) is 18.0. The molecule has 1 aromatic heterocycles. The van der Waals surface area contributed by atoms with Crippen molar-refractivity contribution in [2.24, 2.45) is 5.73 Å². The molecule has 9 nitrogen and oxygen atoms in total. The summed E-state index contributed by atoms with van der Waals surface area (Å²) in [5.41, 5.74) is 6.18. The minimum atomic E-state index is -1.32. The molecule has 0 saturated carbocycles. The van der Waals surface area contributed by atoms with Gasteiger partial charge in [0.1, 0.15) is 28.6 Å². The lowest BCUT2D eigenvalue weighted by Crippen LogP contribution is -2.18. The van der Waals surface area contributed by atoms with E-state index in [1.165, 1.54) is 18.3 Å². The highest BCUT2D eigenvalue weighted by atomic mass is 16.5. The summed E-state index contributed by atoms with van der Waals surface area (Å²) >= 11 is 0. The molecular formula is C26H23N3O6. The van der Waals surface area contributed by atoms with Crippen molar-refractivity contribution in [2.75, 3.05) is 13.2 Å². The monoisotopic (exact) mass is 473 g/mol. The first-order valence-electron chi connectivity index (χ1n) is 10.8. The number of nitrogens with two attached hydrogens (primary N) is 1. The van der Waals surface area contributed by atoms with Crippen molar-refractivity contribution in [3.05, 3.63) is 94.3 Å². The summed E-state index contributed by atoms with van der Waals surface area (Å²) < 4.78 is 13.1. The third-order valence-corrected chi connectivity index (χ3v) is 5.33. The van der Waals surface area contributed by atoms with E-state index in [9.17, 15) is 19.8 Å². The molecule has 0 radical (unpaired) electrons. The van der Waals surface area contributed by atoms with E-state index in [-0.39, 0.29) is 22.5 Å². The lowest BCUT2D eigenvalue weighted by Gasteiger charge is -2.14. The molecular weight excluding hydrogens is 450 g/mol. The van der Waals surface area contributed by atoms with Crippen LogP contribution in [-0.4, -0.2) is 39.8 Å². The summed E-state index contributed by atoms with van der Waals surface area (Å²) in [6.07, 6.45) is 1.86. The molecule has 0 fully saturated rings. The maximum absolute atomic E-state index is 12.7. The van der Waals surface area contributed by atoms with Gasteiger partial charge in [-0.15, -0.1) is 0 Å². The largest absolute Gasteiger partial charge is 0.508 e. The van der Waals surface area contributed by atoms with Crippen LogP contribution < -0.4 is 20.6 Å². The molecule has 4 rings (SSSR count). The van der Waals surface area contributed by atoms with Crippen molar-refractivity contribution >= 4 is 22.7 Å². The summed E-state index contributed by atoms with van der Waals surface area (Å²) in [5, 5.41) is 26.7. The van der Waals surface area contributed by atoms with Gasteiger partial charge in [0.25, 0.3) is 0 Å². The van der Waals surface area contributed by atoms with Gasteiger partial charge in [0.2, 0.25) is 5.43 Å². The molecule has 4 aromatic rings. The number of aromatic nitrogens is 1. The third kappa shape index (κ3) is 5.25. The maximum atomic E-state index is 12.7. The van der Waals surface area contributed by atoms with Gasteiger partial charge in [-0.05, 0) is 60.7 Å². The number of nitrogens with one attached hydrogen (secondary N) is 1. The van der Waals surface area contributed by atoms with E-state index in [0.717, 1.165) is 0 Å². The Bertz CT molecular complexity index is 1440. The van der Waals surface area contributed by atoms with Crippen molar-refractivity contribution < 1.29 is 24.5 Å². The number of nitrogens with zero attached hydrogens (tertiary/aromatic N) is 1. The van der Waals surface area contributed by atoms with Crippen LogP contribution in [0.15, 0.2) is 77.7 Å². The van der Waals surface area contributed by atoms with Gasteiger partial charge in [0.05, 0.1) is 18.7 Å². The van der Waals surface area contributed by atoms with Gasteiger partial charge in [-0.1, -0.05) is 0 Å². The van der Waals surface area contributed by atoms with E-state index < -0.39 is 11.4 Å². The van der Waals surface area contributed by atoms with Crippen LogP contribution >= 0.6 is 0 Å². The molecule has 0 aliphatic rings. The standard InChI is InChI=1S/C26H23N3O6/c27-25(28)16-2-8-19(9-3-16)34-12-1-13-35-20-10-11-21-23(14-20)29(15-22(24(21)31)26(32)33)17-4-6-18(30)7-5-17/h2-11,14-15,30H,1,12-13H2,(H3,27,28)(H,32,33). The first-order chi connectivity index (χ1) is 16.8. The Labute approximate surface area is 200 Å². The zero-order valence-corrected chi connectivity index (χ0v) is 18.6. The Kier molecular flexibility index (Phi) is 6.68. The molecule has 0 atom stereocenters. The number of amidine groups is 1. The van der Waals surface area contributed by atoms with Crippen molar-refractivity contribution in [3.8, 4) is 22.9 Å². The van der Waals surface area contributed by atoms with Crippen molar-refractivity contribution in [1.29, 1.82) is 5.41 Å². The quantitative estimate of drug-likeness (QED) is 0.165. The van der Waals surface area contributed by atoms with Gasteiger partial charge in [-0.25, -0.2) is 4.79 Å². The van der Waals surface area contributed by atoms with Gasteiger partial charge in [-0.3, -0.25) is 10.2 Å². The predicted octanol–water partition coefficient (Wildman–Crippen LogP) is 3.53. The van der Waals surface area contributed by atoms with Crippen LogP contribution in [0, 0.1) is 5.41 Å². The normalized spacial score (nSPS) is 10.7. The smallest absolute Gasteiger partial charge is 0.341 e. The molecule has 0 aliphatic heterocycles. The van der Waals surface area contributed by atoms with E-state index in [0.29, 0.717) is 47.9 Å². The number of pyridine rings is 1. The molecule has 1 heterocycles. The zero-order valence-electron chi connectivity index (χ0n) is 18.6. The van der Waals surface area contributed by atoms with Crippen LogP contribution in [0.25, 0.3) is 16.6 Å². The third-order valence-electron chi connectivity index (χ3n) is 5.33. The summed E-state index contributed by atoms with van der Waals surface area (Å²) in [7, 11) is 0. The van der Waals surface area contributed by atoms with Gasteiger partial charge in [-0.2, -0.15) is 0 Å². The number of phenolic OH excluding ortho intramolecular Hbond substituents is 1. The molecule has 5 N–H and O–H groups in total. The van der Waals surface area contributed by atoms with Crippen LogP contribution in [0.2, 0.25) is 0 Å². The molecule has 0 aliphatic carbocycles. The first kappa shape index (κ1) is 23.4. The van der Waals surface area contributed by atoms with E-state index >= 15 is 0 Å². The number of phenols is 1. The molecule has 3 aromatic carbocycles. The fourth-order valence-corrected chi connectivity index (χ4v) is 3.54. The summed E-state index contributed by atoms with van der Waals surface area (Å²) in [5.74, 6) is -0.0826. The van der Waals surface area contributed by atoms with E-state index in [1.54, 1.807) is 59.2 Å².